The summed E-state index contributed by atoms with van der Waals surface area (Å²) in [7, 11) is 0. The van der Waals surface area contributed by atoms with Crippen LogP contribution >= 0.6 is 0 Å². The molecule has 0 radical (unpaired) electrons. The number of aromatic nitrogens is 1. The summed E-state index contributed by atoms with van der Waals surface area (Å²) in [6.45, 7) is 3.52. The van der Waals surface area contributed by atoms with E-state index >= 15 is 0 Å². The van der Waals surface area contributed by atoms with Gasteiger partial charge in [0.15, 0.2) is 11.5 Å². The van der Waals surface area contributed by atoms with Gasteiger partial charge in [-0.1, -0.05) is 37.3 Å². The number of urea groups is 1. The molecule has 0 aliphatic carbocycles. The predicted molar refractivity (Wildman–Crippen MR) is 102 cm³/mol. The van der Waals surface area contributed by atoms with E-state index in [1.54, 1.807) is 0 Å². The second-order valence-corrected chi connectivity index (χ2v) is 6.72. The number of oxazole rings is 1. The number of fused-ring (bicyclic) bond motifs is 1. The van der Waals surface area contributed by atoms with Gasteiger partial charge in [0.25, 0.3) is 0 Å². The lowest BCUT2D eigenvalue weighted by atomic mass is 9.97. The van der Waals surface area contributed by atoms with Gasteiger partial charge in [0.1, 0.15) is 5.52 Å². The number of carbonyl (C=O) groups excluding carboxylic acids is 1. The third-order valence-corrected chi connectivity index (χ3v) is 5.08. The number of nitrogens with one attached hydrogen (secondary N) is 1. The van der Waals surface area contributed by atoms with Gasteiger partial charge in [-0.3, -0.25) is 0 Å². The van der Waals surface area contributed by atoms with E-state index in [-0.39, 0.29) is 11.9 Å². The van der Waals surface area contributed by atoms with Gasteiger partial charge < -0.3 is 14.6 Å². The molecule has 0 bridgehead atoms. The molecule has 1 aliphatic rings. The lowest BCUT2D eigenvalue weighted by Crippen LogP contribution is -2.40. The molecule has 0 saturated carbocycles. The molecule has 2 heterocycles. The van der Waals surface area contributed by atoms with Crippen molar-refractivity contribution in [1.29, 1.82) is 0 Å². The number of aryl methyl sites for hydroxylation is 1. The molecular formula is C21H23N3O2. The molecule has 1 saturated heterocycles. The average molecular weight is 349 g/mol. The van der Waals surface area contributed by atoms with Crippen molar-refractivity contribution in [2.75, 3.05) is 18.4 Å². The molecule has 4 rings (SSSR count). The minimum absolute atomic E-state index is 0.0260. The summed E-state index contributed by atoms with van der Waals surface area (Å²) >= 11 is 0. The molecule has 1 fully saturated rings. The quantitative estimate of drug-likeness (QED) is 0.739. The highest BCUT2D eigenvalue weighted by atomic mass is 16.3. The molecular weight excluding hydrogens is 326 g/mol. The van der Waals surface area contributed by atoms with Gasteiger partial charge in [-0.25, -0.2) is 9.78 Å². The number of para-hydroxylation sites is 3. The Morgan fingerprint density at radius 2 is 1.88 bits per heavy atom. The van der Waals surface area contributed by atoms with Crippen LogP contribution in [0.4, 0.5) is 10.5 Å². The van der Waals surface area contributed by atoms with Crippen LogP contribution in [0.2, 0.25) is 0 Å². The second-order valence-electron chi connectivity index (χ2n) is 6.72. The summed E-state index contributed by atoms with van der Waals surface area (Å²) in [5.41, 5.74) is 3.79. The number of amides is 2. The van der Waals surface area contributed by atoms with Crippen LogP contribution in [-0.2, 0) is 6.42 Å². The number of hydrogen-bond acceptors (Lipinski definition) is 3. The Morgan fingerprint density at radius 1 is 1.15 bits per heavy atom. The zero-order valence-corrected chi connectivity index (χ0v) is 14.9. The Bertz CT molecular complexity index is 877. The van der Waals surface area contributed by atoms with Crippen LogP contribution in [0.25, 0.3) is 11.1 Å². The van der Waals surface area contributed by atoms with Gasteiger partial charge in [-0.2, -0.15) is 0 Å². The lowest BCUT2D eigenvalue weighted by Gasteiger charge is -2.30. The summed E-state index contributed by atoms with van der Waals surface area (Å²) in [6, 6.07) is 15.8. The molecule has 0 spiro atoms. The minimum atomic E-state index is -0.0260. The number of benzene rings is 2. The Morgan fingerprint density at radius 3 is 2.65 bits per heavy atom. The van der Waals surface area contributed by atoms with Crippen molar-refractivity contribution in [3.8, 4) is 0 Å². The monoisotopic (exact) mass is 349 g/mol. The van der Waals surface area contributed by atoms with E-state index in [1.165, 1.54) is 0 Å². The smallest absolute Gasteiger partial charge is 0.321 e. The van der Waals surface area contributed by atoms with Crippen molar-refractivity contribution in [3.63, 3.8) is 0 Å². The molecule has 5 nitrogen and oxygen atoms in total. The summed E-state index contributed by atoms with van der Waals surface area (Å²) < 4.78 is 5.90. The highest BCUT2D eigenvalue weighted by Gasteiger charge is 2.27. The number of likely N-dealkylation sites (tertiary alicyclic amines) is 1. The van der Waals surface area contributed by atoms with Gasteiger partial charge in [0.05, 0.1) is 0 Å². The fourth-order valence-electron chi connectivity index (χ4n) is 3.54. The maximum atomic E-state index is 12.6. The highest BCUT2D eigenvalue weighted by Crippen LogP contribution is 2.30. The molecule has 1 N–H and O–H groups in total. The first-order chi connectivity index (χ1) is 12.7. The van der Waals surface area contributed by atoms with Gasteiger partial charge in [0.2, 0.25) is 0 Å². The third kappa shape index (κ3) is 3.29. The normalized spacial score (nSPS) is 15.3. The van der Waals surface area contributed by atoms with E-state index in [0.29, 0.717) is 13.1 Å². The molecule has 1 aromatic heterocycles. The van der Waals surface area contributed by atoms with E-state index in [4.69, 9.17) is 4.42 Å². The first-order valence-corrected chi connectivity index (χ1v) is 9.24. The van der Waals surface area contributed by atoms with Gasteiger partial charge in [0, 0.05) is 24.7 Å². The molecule has 26 heavy (non-hydrogen) atoms. The van der Waals surface area contributed by atoms with Crippen molar-refractivity contribution in [3.05, 3.63) is 60.0 Å². The van der Waals surface area contributed by atoms with Crippen molar-refractivity contribution in [2.24, 2.45) is 0 Å². The molecule has 134 valence electrons. The van der Waals surface area contributed by atoms with Gasteiger partial charge in [-0.05, 0) is 43.0 Å². The van der Waals surface area contributed by atoms with Crippen LogP contribution in [0.1, 0.15) is 37.1 Å². The highest BCUT2D eigenvalue weighted by molar-refractivity contribution is 5.90. The molecule has 0 unspecified atom stereocenters. The van der Waals surface area contributed by atoms with Crippen LogP contribution in [-0.4, -0.2) is 29.0 Å². The molecule has 3 aromatic rings. The number of piperidine rings is 1. The Labute approximate surface area is 153 Å². The Kier molecular flexibility index (Phi) is 4.61. The molecule has 0 atom stereocenters. The first kappa shape index (κ1) is 16.6. The predicted octanol–water partition coefficient (Wildman–Crippen LogP) is 4.80. The van der Waals surface area contributed by atoms with Crippen LogP contribution in [0.3, 0.4) is 0 Å². The molecule has 1 aliphatic heterocycles. The Balaban J connectivity index is 1.39. The summed E-state index contributed by atoms with van der Waals surface area (Å²) in [6.07, 6.45) is 2.64. The van der Waals surface area contributed by atoms with E-state index in [0.717, 1.165) is 47.5 Å². The fraction of sp³-hybridized carbons (Fsp3) is 0.333. The third-order valence-electron chi connectivity index (χ3n) is 5.08. The topological polar surface area (TPSA) is 58.4 Å². The van der Waals surface area contributed by atoms with E-state index in [9.17, 15) is 4.79 Å². The first-order valence-electron chi connectivity index (χ1n) is 9.24. The standard InChI is InChI=1S/C21H23N3O2/c1-2-15-7-3-4-8-17(15)23-21(25)24-13-11-16(12-14-24)20-22-18-9-5-6-10-19(18)26-20/h3-10,16H,2,11-14H2,1H3,(H,23,25). The minimum Gasteiger partial charge on any atom is -0.440 e. The van der Waals surface area contributed by atoms with Crippen molar-refractivity contribution in [2.45, 2.75) is 32.1 Å². The van der Waals surface area contributed by atoms with Crippen molar-refractivity contribution < 1.29 is 9.21 Å². The van der Waals surface area contributed by atoms with Crippen LogP contribution < -0.4 is 5.32 Å². The zero-order valence-electron chi connectivity index (χ0n) is 14.9. The maximum absolute atomic E-state index is 12.6. The molecule has 2 aromatic carbocycles. The summed E-state index contributed by atoms with van der Waals surface area (Å²) in [4.78, 5) is 19.1. The summed E-state index contributed by atoms with van der Waals surface area (Å²) in [5.74, 6) is 1.07. The number of hydrogen-bond donors (Lipinski definition) is 1. The van der Waals surface area contributed by atoms with Gasteiger partial charge in [-0.15, -0.1) is 0 Å². The molecule has 5 heteroatoms. The van der Waals surface area contributed by atoms with Crippen molar-refractivity contribution in [1.82, 2.24) is 9.88 Å². The van der Waals surface area contributed by atoms with Crippen LogP contribution in [0.5, 0.6) is 0 Å². The number of rotatable bonds is 3. The largest absolute Gasteiger partial charge is 0.440 e. The fourth-order valence-corrected chi connectivity index (χ4v) is 3.54. The number of nitrogens with zero attached hydrogens (tertiary/aromatic N) is 2. The number of carbonyl (C=O) groups is 1. The zero-order chi connectivity index (χ0) is 17.9. The summed E-state index contributed by atoms with van der Waals surface area (Å²) in [5, 5.41) is 3.06. The van der Waals surface area contributed by atoms with Gasteiger partial charge >= 0.3 is 6.03 Å². The van der Waals surface area contributed by atoms with Crippen LogP contribution in [0, 0.1) is 0 Å². The van der Waals surface area contributed by atoms with Crippen LogP contribution in [0.15, 0.2) is 52.9 Å². The van der Waals surface area contributed by atoms with E-state index in [1.807, 2.05) is 47.4 Å². The molecule has 2 amide bonds. The number of anilines is 1. The second kappa shape index (κ2) is 7.20. The SMILES string of the molecule is CCc1ccccc1NC(=O)N1CCC(c2nc3ccccc3o2)CC1. The lowest BCUT2D eigenvalue weighted by molar-refractivity contribution is 0.190. The average Bonchev–Trinajstić information content (AvgIpc) is 3.13. The van der Waals surface area contributed by atoms with E-state index < -0.39 is 0 Å². The maximum Gasteiger partial charge on any atom is 0.321 e. The van der Waals surface area contributed by atoms with Crippen molar-refractivity contribution >= 4 is 22.8 Å². The van der Waals surface area contributed by atoms with E-state index in [2.05, 4.69) is 23.3 Å². The Hall–Kier alpha value is -2.82.